The van der Waals surface area contributed by atoms with Gasteiger partial charge in [-0.15, -0.1) is 0 Å². The zero-order chi connectivity index (χ0) is 13.3. The van der Waals surface area contributed by atoms with Crippen molar-refractivity contribution in [2.75, 3.05) is 0 Å². The highest BCUT2D eigenvalue weighted by molar-refractivity contribution is 5.38. The van der Waals surface area contributed by atoms with Crippen LogP contribution in [0.25, 0.3) is 0 Å². The van der Waals surface area contributed by atoms with E-state index in [2.05, 4.69) is 45.3 Å². The summed E-state index contributed by atoms with van der Waals surface area (Å²) in [4.78, 5) is 0. The predicted octanol–water partition coefficient (Wildman–Crippen LogP) is 3.03. The summed E-state index contributed by atoms with van der Waals surface area (Å²) < 4.78 is 0. The molecule has 2 atom stereocenters. The molecule has 0 spiro atoms. The van der Waals surface area contributed by atoms with Gasteiger partial charge in [0.05, 0.1) is 0 Å². The molecule has 0 amide bonds. The van der Waals surface area contributed by atoms with E-state index >= 15 is 0 Å². The van der Waals surface area contributed by atoms with Crippen molar-refractivity contribution in [3.63, 3.8) is 0 Å². The van der Waals surface area contributed by atoms with E-state index in [1.807, 2.05) is 0 Å². The molecule has 2 nitrogen and oxygen atoms in total. The predicted molar refractivity (Wildman–Crippen MR) is 77.4 cm³/mol. The number of hydrazine groups is 1. The summed E-state index contributed by atoms with van der Waals surface area (Å²) in [6, 6.07) is 4.95. The fourth-order valence-corrected chi connectivity index (χ4v) is 3.10. The fraction of sp³-hybridized carbons (Fsp3) is 0.625. The molecule has 0 heterocycles. The Morgan fingerprint density at radius 2 is 1.78 bits per heavy atom. The molecular formula is C16H26N2. The lowest BCUT2D eigenvalue weighted by Gasteiger charge is -2.25. The summed E-state index contributed by atoms with van der Waals surface area (Å²) in [5.74, 6) is 7.33. The molecular weight excluding hydrogens is 220 g/mol. The van der Waals surface area contributed by atoms with Crippen LogP contribution in [0.5, 0.6) is 0 Å². The van der Waals surface area contributed by atoms with Crippen LogP contribution < -0.4 is 11.3 Å². The molecule has 1 aromatic carbocycles. The Bertz CT molecular complexity index is 398. The second kappa shape index (κ2) is 5.41. The molecule has 1 aromatic rings. The summed E-state index contributed by atoms with van der Waals surface area (Å²) >= 11 is 0. The minimum Gasteiger partial charge on any atom is -0.271 e. The van der Waals surface area contributed by atoms with Crippen LogP contribution >= 0.6 is 0 Å². The van der Waals surface area contributed by atoms with E-state index in [1.54, 1.807) is 0 Å². The molecule has 0 radical (unpaired) electrons. The zero-order valence-corrected chi connectivity index (χ0v) is 12.1. The highest BCUT2D eigenvalue weighted by atomic mass is 15.2. The summed E-state index contributed by atoms with van der Waals surface area (Å²) in [6.45, 7) is 8.92. The Morgan fingerprint density at radius 1 is 1.22 bits per heavy atom. The van der Waals surface area contributed by atoms with Crippen LogP contribution in [0, 0.1) is 32.6 Å². The van der Waals surface area contributed by atoms with Crippen molar-refractivity contribution < 1.29 is 0 Å². The first-order chi connectivity index (χ1) is 8.52. The van der Waals surface area contributed by atoms with Crippen LogP contribution in [0.15, 0.2) is 12.1 Å². The molecule has 1 fully saturated rings. The molecule has 0 saturated heterocycles. The highest BCUT2D eigenvalue weighted by Gasteiger charge is 2.33. The van der Waals surface area contributed by atoms with Gasteiger partial charge in [-0.25, -0.2) is 0 Å². The first-order valence-electron chi connectivity index (χ1n) is 7.05. The first-order valence-corrected chi connectivity index (χ1v) is 7.05. The monoisotopic (exact) mass is 246 g/mol. The van der Waals surface area contributed by atoms with Gasteiger partial charge in [0.15, 0.2) is 0 Å². The standard InChI is InChI=1S/C16H26N2/c1-10-7-11(2)15(12(3)8-10)9-16(18-17)13(4)14-5-6-14/h7-8,13-14,16,18H,5-6,9,17H2,1-4H3. The maximum absolute atomic E-state index is 5.77. The van der Waals surface area contributed by atoms with Gasteiger partial charge >= 0.3 is 0 Å². The van der Waals surface area contributed by atoms with Crippen molar-refractivity contribution in [3.8, 4) is 0 Å². The molecule has 2 rings (SSSR count). The highest BCUT2D eigenvalue weighted by Crippen LogP contribution is 2.39. The molecule has 1 saturated carbocycles. The Hall–Kier alpha value is -0.860. The number of nitrogens with two attached hydrogens (primary N) is 1. The lowest BCUT2D eigenvalue weighted by Crippen LogP contribution is -2.42. The molecule has 18 heavy (non-hydrogen) atoms. The van der Waals surface area contributed by atoms with Gasteiger partial charge in [-0.1, -0.05) is 24.6 Å². The molecule has 0 bridgehead atoms. The average molecular weight is 246 g/mol. The van der Waals surface area contributed by atoms with Crippen molar-refractivity contribution in [1.29, 1.82) is 0 Å². The lowest BCUT2D eigenvalue weighted by atomic mass is 9.88. The number of benzene rings is 1. The zero-order valence-electron chi connectivity index (χ0n) is 12.1. The second-order valence-corrected chi connectivity index (χ2v) is 6.05. The summed E-state index contributed by atoms with van der Waals surface area (Å²) in [6.07, 6.45) is 3.81. The molecule has 0 aromatic heterocycles. The average Bonchev–Trinajstić information content (AvgIpc) is 3.11. The van der Waals surface area contributed by atoms with Crippen molar-refractivity contribution in [3.05, 3.63) is 34.4 Å². The van der Waals surface area contributed by atoms with Gasteiger partial charge in [0, 0.05) is 6.04 Å². The smallest absolute Gasteiger partial charge is 0.0279 e. The van der Waals surface area contributed by atoms with Crippen molar-refractivity contribution in [1.82, 2.24) is 5.43 Å². The third-order valence-electron chi connectivity index (χ3n) is 4.48. The molecule has 100 valence electrons. The van der Waals surface area contributed by atoms with Crippen LogP contribution in [0.2, 0.25) is 0 Å². The quantitative estimate of drug-likeness (QED) is 0.619. The van der Waals surface area contributed by atoms with Gasteiger partial charge in [0.2, 0.25) is 0 Å². The number of hydrogen-bond acceptors (Lipinski definition) is 2. The van der Waals surface area contributed by atoms with Crippen LogP contribution in [0.3, 0.4) is 0 Å². The maximum Gasteiger partial charge on any atom is 0.0279 e. The largest absolute Gasteiger partial charge is 0.271 e. The Morgan fingerprint density at radius 3 is 2.22 bits per heavy atom. The molecule has 1 aliphatic rings. The number of nitrogens with one attached hydrogen (secondary N) is 1. The summed E-state index contributed by atoms with van der Waals surface area (Å²) in [5.41, 5.74) is 8.66. The number of aryl methyl sites for hydroxylation is 3. The Balaban J connectivity index is 2.16. The van der Waals surface area contributed by atoms with Gasteiger partial charge in [0.25, 0.3) is 0 Å². The van der Waals surface area contributed by atoms with E-state index in [9.17, 15) is 0 Å². The summed E-state index contributed by atoms with van der Waals surface area (Å²) in [7, 11) is 0. The van der Waals surface area contributed by atoms with Crippen molar-refractivity contribution in [2.45, 2.75) is 53.0 Å². The van der Waals surface area contributed by atoms with Gasteiger partial charge in [-0.3, -0.25) is 11.3 Å². The number of rotatable bonds is 5. The lowest BCUT2D eigenvalue weighted by molar-refractivity contribution is 0.343. The first kappa shape index (κ1) is 13.6. The third-order valence-corrected chi connectivity index (χ3v) is 4.48. The Kier molecular flexibility index (Phi) is 4.08. The van der Waals surface area contributed by atoms with E-state index in [0.717, 1.165) is 12.3 Å². The van der Waals surface area contributed by atoms with E-state index in [4.69, 9.17) is 5.84 Å². The van der Waals surface area contributed by atoms with Crippen LogP contribution in [0.4, 0.5) is 0 Å². The van der Waals surface area contributed by atoms with Crippen LogP contribution in [0.1, 0.15) is 42.0 Å². The minimum atomic E-state index is 0.401. The normalized spacial score (nSPS) is 18.7. The molecule has 1 aliphatic carbocycles. The second-order valence-electron chi connectivity index (χ2n) is 6.05. The third kappa shape index (κ3) is 2.93. The van der Waals surface area contributed by atoms with E-state index in [0.29, 0.717) is 12.0 Å². The fourth-order valence-electron chi connectivity index (χ4n) is 3.10. The van der Waals surface area contributed by atoms with Gasteiger partial charge in [-0.2, -0.15) is 0 Å². The van der Waals surface area contributed by atoms with E-state index < -0.39 is 0 Å². The SMILES string of the molecule is Cc1cc(C)c(CC(NN)C(C)C2CC2)c(C)c1. The molecule has 2 heteroatoms. The topological polar surface area (TPSA) is 38.0 Å². The van der Waals surface area contributed by atoms with Crippen LogP contribution in [-0.2, 0) is 6.42 Å². The molecule has 2 unspecified atom stereocenters. The van der Waals surface area contributed by atoms with Crippen molar-refractivity contribution in [2.24, 2.45) is 17.7 Å². The maximum atomic E-state index is 5.77. The molecule has 3 N–H and O–H groups in total. The minimum absolute atomic E-state index is 0.401. The summed E-state index contributed by atoms with van der Waals surface area (Å²) in [5, 5.41) is 0. The van der Waals surface area contributed by atoms with E-state index in [-0.39, 0.29) is 0 Å². The van der Waals surface area contributed by atoms with Gasteiger partial charge in [0.1, 0.15) is 0 Å². The van der Waals surface area contributed by atoms with Gasteiger partial charge < -0.3 is 0 Å². The number of hydrogen-bond donors (Lipinski definition) is 2. The van der Waals surface area contributed by atoms with Crippen LogP contribution in [-0.4, -0.2) is 6.04 Å². The molecule has 0 aliphatic heterocycles. The Labute approximate surface area is 111 Å². The van der Waals surface area contributed by atoms with E-state index in [1.165, 1.54) is 35.1 Å². The van der Waals surface area contributed by atoms with Gasteiger partial charge in [-0.05, 0) is 68.6 Å². The van der Waals surface area contributed by atoms with Crippen molar-refractivity contribution >= 4 is 0 Å².